The summed E-state index contributed by atoms with van der Waals surface area (Å²) in [6.45, 7) is 1.59. The van der Waals surface area contributed by atoms with Gasteiger partial charge in [-0.3, -0.25) is 9.59 Å². The number of nitrogens with zero attached hydrogens (tertiary/aromatic N) is 1. The van der Waals surface area contributed by atoms with E-state index in [0.29, 0.717) is 22.7 Å². The summed E-state index contributed by atoms with van der Waals surface area (Å²) in [6, 6.07) is 10.6. The lowest BCUT2D eigenvalue weighted by molar-refractivity contribution is -0.141. The molecule has 1 heterocycles. The van der Waals surface area contributed by atoms with E-state index in [9.17, 15) is 14.7 Å². The Morgan fingerprint density at radius 3 is 2.48 bits per heavy atom. The van der Waals surface area contributed by atoms with E-state index in [-0.39, 0.29) is 18.7 Å². The second-order valence-corrected chi connectivity index (χ2v) is 7.40. The lowest BCUT2D eigenvalue weighted by Gasteiger charge is -2.22. The average Bonchev–Trinajstić information content (AvgIpc) is 2.82. The summed E-state index contributed by atoms with van der Waals surface area (Å²) in [6.07, 6.45) is -0.266. The van der Waals surface area contributed by atoms with E-state index in [1.807, 2.05) is 6.07 Å². The Kier molecular flexibility index (Phi) is 5.26. The van der Waals surface area contributed by atoms with Crippen LogP contribution in [0.25, 0.3) is 0 Å². The molecule has 1 amide bonds. The second kappa shape index (κ2) is 7.32. The molecule has 1 atom stereocenters. The highest BCUT2D eigenvalue weighted by molar-refractivity contribution is 9.10. The number of carbonyl (C=O) groups is 2. The molecule has 2 aromatic carbocycles. The summed E-state index contributed by atoms with van der Waals surface area (Å²) in [5.74, 6) is 0.369. The van der Waals surface area contributed by atoms with Gasteiger partial charge in [-0.25, -0.2) is 0 Å². The molecule has 0 radical (unpaired) electrons. The third-order valence-electron chi connectivity index (χ3n) is 4.59. The predicted octanol–water partition coefficient (Wildman–Crippen LogP) is 3.18. The van der Waals surface area contributed by atoms with Crippen molar-refractivity contribution in [2.75, 3.05) is 19.1 Å². The van der Waals surface area contributed by atoms with Gasteiger partial charge in [-0.15, -0.1) is 0 Å². The number of benzene rings is 2. The zero-order valence-corrected chi connectivity index (χ0v) is 16.9. The molecular weight excluding hydrogens is 414 g/mol. The van der Waals surface area contributed by atoms with Crippen LogP contribution < -0.4 is 14.4 Å². The molecule has 1 aliphatic heterocycles. The number of hydrogen-bond donors (Lipinski definition) is 1. The van der Waals surface area contributed by atoms with Crippen LogP contribution in [-0.4, -0.2) is 31.0 Å². The normalized spacial score (nSPS) is 18.4. The van der Waals surface area contributed by atoms with E-state index in [1.165, 1.54) is 11.8 Å². The first-order valence-electron chi connectivity index (χ1n) is 8.35. The Morgan fingerprint density at radius 1 is 1.15 bits per heavy atom. The van der Waals surface area contributed by atoms with Crippen molar-refractivity contribution in [1.29, 1.82) is 0 Å². The molecule has 0 aliphatic carbocycles. The summed E-state index contributed by atoms with van der Waals surface area (Å²) in [5, 5.41) is 11.1. The number of halogens is 1. The minimum atomic E-state index is -1.86. The van der Waals surface area contributed by atoms with Crippen LogP contribution in [-0.2, 0) is 21.7 Å². The molecule has 1 N–H and O–H groups in total. The topological polar surface area (TPSA) is 76.1 Å². The Morgan fingerprint density at radius 2 is 1.85 bits per heavy atom. The van der Waals surface area contributed by atoms with Gasteiger partial charge in [0.2, 0.25) is 0 Å². The first kappa shape index (κ1) is 19.4. The molecule has 2 aromatic rings. The highest BCUT2D eigenvalue weighted by Gasteiger charge is 2.50. The fraction of sp³-hybridized carbons (Fsp3) is 0.300. The van der Waals surface area contributed by atoms with Crippen molar-refractivity contribution in [3.63, 3.8) is 0 Å². The van der Waals surface area contributed by atoms with Gasteiger partial charge >= 0.3 is 0 Å². The van der Waals surface area contributed by atoms with Crippen LogP contribution in [0.5, 0.6) is 11.5 Å². The van der Waals surface area contributed by atoms with E-state index < -0.39 is 11.5 Å². The monoisotopic (exact) mass is 433 g/mol. The molecular formula is C20H20BrNO5. The molecule has 0 spiro atoms. The van der Waals surface area contributed by atoms with Crippen LogP contribution >= 0.6 is 15.9 Å². The van der Waals surface area contributed by atoms with Crippen molar-refractivity contribution in [3.05, 3.63) is 52.0 Å². The third kappa shape index (κ3) is 3.44. The van der Waals surface area contributed by atoms with E-state index in [0.717, 1.165) is 10.0 Å². The van der Waals surface area contributed by atoms with E-state index in [1.54, 1.807) is 44.6 Å². The second-order valence-electron chi connectivity index (χ2n) is 6.48. The Balaban J connectivity index is 2.02. The Hall–Kier alpha value is -2.38. The smallest absolute Gasteiger partial charge is 0.264 e. The van der Waals surface area contributed by atoms with Crippen molar-refractivity contribution in [2.45, 2.75) is 25.5 Å². The molecule has 27 heavy (non-hydrogen) atoms. The van der Waals surface area contributed by atoms with Gasteiger partial charge in [-0.2, -0.15) is 0 Å². The predicted molar refractivity (Wildman–Crippen MR) is 104 cm³/mol. The maximum absolute atomic E-state index is 13.1. The third-order valence-corrected chi connectivity index (χ3v) is 5.08. The molecule has 3 rings (SSSR count). The summed E-state index contributed by atoms with van der Waals surface area (Å²) in [5.41, 5.74) is -0.0390. The van der Waals surface area contributed by atoms with Crippen molar-refractivity contribution in [1.82, 2.24) is 0 Å². The molecule has 0 fully saturated rings. The van der Waals surface area contributed by atoms with Gasteiger partial charge in [0, 0.05) is 16.5 Å². The minimum Gasteiger partial charge on any atom is -0.493 e. The van der Waals surface area contributed by atoms with Crippen LogP contribution in [0, 0.1) is 0 Å². The quantitative estimate of drug-likeness (QED) is 0.756. The number of anilines is 1. The van der Waals surface area contributed by atoms with Crippen LogP contribution in [0.4, 0.5) is 5.69 Å². The van der Waals surface area contributed by atoms with Crippen LogP contribution in [0.3, 0.4) is 0 Å². The fourth-order valence-corrected chi connectivity index (χ4v) is 3.73. The number of Topliss-reactive ketones (excluding diaryl/α,β-unsaturated/α-hetero) is 1. The summed E-state index contributed by atoms with van der Waals surface area (Å²) < 4.78 is 11.3. The lowest BCUT2D eigenvalue weighted by atomic mass is 9.90. The number of aliphatic hydroxyl groups is 1. The maximum Gasteiger partial charge on any atom is 0.264 e. The van der Waals surface area contributed by atoms with Crippen molar-refractivity contribution >= 4 is 33.3 Å². The van der Waals surface area contributed by atoms with Gasteiger partial charge < -0.3 is 19.5 Å². The molecule has 0 bridgehead atoms. The van der Waals surface area contributed by atoms with Crippen LogP contribution in [0.2, 0.25) is 0 Å². The van der Waals surface area contributed by atoms with Gasteiger partial charge in [0.25, 0.3) is 5.91 Å². The van der Waals surface area contributed by atoms with E-state index >= 15 is 0 Å². The SMILES string of the molecule is COc1ccc(CN2C(=O)[C@](O)(CC(C)=O)c3cc(Br)ccc32)cc1OC. The summed E-state index contributed by atoms with van der Waals surface area (Å²) >= 11 is 3.37. The Labute approximate surface area is 165 Å². The van der Waals surface area contributed by atoms with Gasteiger partial charge in [0.1, 0.15) is 5.78 Å². The van der Waals surface area contributed by atoms with Gasteiger partial charge in [-0.05, 0) is 42.8 Å². The molecule has 142 valence electrons. The molecule has 0 aromatic heterocycles. The molecule has 0 saturated carbocycles. The van der Waals surface area contributed by atoms with Gasteiger partial charge in [0.15, 0.2) is 17.1 Å². The van der Waals surface area contributed by atoms with Crippen LogP contribution in [0.15, 0.2) is 40.9 Å². The zero-order valence-electron chi connectivity index (χ0n) is 15.3. The highest BCUT2D eigenvalue weighted by Crippen LogP contribution is 2.44. The molecule has 7 heteroatoms. The largest absolute Gasteiger partial charge is 0.493 e. The number of methoxy groups -OCH3 is 2. The Bertz CT molecular complexity index is 913. The first-order chi connectivity index (χ1) is 12.8. The zero-order chi connectivity index (χ0) is 19.8. The van der Waals surface area contributed by atoms with Crippen molar-refractivity contribution < 1.29 is 24.2 Å². The number of fused-ring (bicyclic) bond motifs is 1. The summed E-state index contributed by atoms with van der Waals surface area (Å²) in [4.78, 5) is 26.2. The standard InChI is InChI=1S/C20H20BrNO5/c1-12(23)10-20(25)15-9-14(21)5-6-16(15)22(19(20)24)11-13-4-7-17(26-2)18(8-13)27-3/h4-9,25H,10-11H2,1-3H3/t20-/m0/s1. The fourth-order valence-electron chi connectivity index (χ4n) is 3.37. The van der Waals surface area contributed by atoms with Crippen molar-refractivity contribution in [2.24, 2.45) is 0 Å². The molecule has 6 nitrogen and oxygen atoms in total. The first-order valence-corrected chi connectivity index (χ1v) is 9.14. The van der Waals surface area contributed by atoms with E-state index in [4.69, 9.17) is 9.47 Å². The number of ether oxygens (including phenoxy) is 2. The average molecular weight is 434 g/mol. The van der Waals surface area contributed by atoms with Gasteiger partial charge in [0.05, 0.1) is 26.5 Å². The van der Waals surface area contributed by atoms with E-state index in [2.05, 4.69) is 15.9 Å². The van der Waals surface area contributed by atoms with Crippen molar-refractivity contribution in [3.8, 4) is 11.5 Å². The number of carbonyl (C=O) groups excluding carboxylic acids is 2. The number of ketones is 1. The maximum atomic E-state index is 13.1. The lowest BCUT2D eigenvalue weighted by Crippen LogP contribution is -2.41. The minimum absolute atomic E-state index is 0.230. The molecule has 0 saturated heterocycles. The number of hydrogen-bond acceptors (Lipinski definition) is 5. The van der Waals surface area contributed by atoms with Gasteiger partial charge in [-0.1, -0.05) is 22.0 Å². The molecule has 1 aliphatic rings. The molecule has 0 unspecified atom stereocenters. The number of amides is 1. The highest BCUT2D eigenvalue weighted by atomic mass is 79.9. The number of rotatable bonds is 6. The van der Waals surface area contributed by atoms with Crippen LogP contribution in [0.1, 0.15) is 24.5 Å². The summed E-state index contributed by atoms with van der Waals surface area (Å²) in [7, 11) is 3.10.